The van der Waals surface area contributed by atoms with Crippen LogP contribution in [0.2, 0.25) is 0 Å². The van der Waals surface area contributed by atoms with Crippen molar-refractivity contribution in [3.05, 3.63) is 89.5 Å². The topological polar surface area (TPSA) is 101 Å². The summed E-state index contributed by atoms with van der Waals surface area (Å²) in [6.07, 6.45) is 0.699. The maximum Gasteiger partial charge on any atom is 0.410 e. The van der Waals surface area contributed by atoms with Crippen molar-refractivity contribution in [1.29, 1.82) is 0 Å². The molecule has 2 saturated heterocycles. The van der Waals surface area contributed by atoms with Crippen LogP contribution in [0.3, 0.4) is 0 Å². The van der Waals surface area contributed by atoms with Gasteiger partial charge in [-0.25, -0.2) is 4.79 Å². The van der Waals surface area contributed by atoms with Crippen molar-refractivity contribution in [2.75, 3.05) is 84.9 Å². The molecule has 11 nitrogen and oxygen atoms in total. The standard InChI is InChI=1S/C39H50N2O9/c1-43-18-6-16-40-17-21-46-35-15-10-30(22-34(35)40)26-48-36-23-41(39(42)50-25-29-8-4-3-5-9-29)24-37(49-28-33-27-47-33)38(36)31-11-13-32(14-12-31)45-20-7-19-44-2/h3-5,8-15,22,33,36-38H,6-7,16-21,23-28H2,1-2H3/t33-,36+,37-,38-/m1/s1. The maximum atomic E-state index is 13.5. The number of carbonyl (C=O) groups is 1. The highest BCUT2D eigenvalue weighted by atomic mass is 16.6. The lowest BCUT2D eigenvalue weighted by molar-refractivity contribution is -0.0934. The van der Waals surface area contributed by atoms with Gasteiger partial charge in [-0.3, -0.25) is 0 Å². The first-order valence-electron chi connectivity index (χ1n) is 17.6. The molecule has 3 aromatic carbocycles. The molecule has 3 aliphatic rings. The Morgan fingerprint density at radius 2 is 1.60 bits per heavy atom. The van der Waals surface area contributed by atoms with Crippen molar-refractivity contribution < 1.29 is 42.7 Å². The summed E-state index contributed by atoms with van der Waals surface area (Å²) < 4.78 is 46.9. The summed E-state index contributed by atoms with van der Waals surface area (Å²) in [5.74, 6) is 1.51. The van der Waals surface area contributed by atoms with E-state index < -0.39 is 6.09 Å². The van der Waals surface area contributed by atoms with E-state index in [-0.39, 0.29) is 30.8 Å². The molecule has 0 N–H and O–H groups in total. The Balaban J connectivity index is 1.21. The lowest BCUT2D eigenvalue weighted by Gasteiger charge is -2.43. The van der Waals surface area contributed by atoms with Crippen molar-refractivity contribution in [2.24, 2.45) is 0 Å². The molecule has 270 valence electrons. The van der Waals surface area contributed by atoms with Crippen LogP contribution in [0.5, 0.6) is 11.5 Å². The van der Waals surface area contributed by atoms with Gasteiger partial charge in [-0.2, -0.15) is 0 Å². The number of amides is 1. The Labute approximate surface area is 295 Å². The first kappa shape index (κ1) is 35.9. The molecule has 4 atom stereocenters. The molecule has 0 bridgehead atoms. The third-order valence-electron chi connectivity index (χ3n) is 9.21. The third-order valence-corrected chi connectivity index (χ3v) is 9.21. The number of hydrogen-bond acceptors (Lipinski definition) is 10. The van der Waals surface area contributed by atoms with Gasteiger partial charge in [0, 0.05) is 46.3 Å². The predicted octanol–water partition coefficient (Wildman–Crippen LogP) is 5.44. The van der Waals surface area contributed by atoms with Gasteiger partial charge in [0.1, 0.15) is 30.8 Å². The first-order chi connectivity index (χ1) is 24.6. The van der Waals surface area contributed by atoms with Gasteiger partial charge in [0.15, 0.2) is 0 Å². The molecule has 1 amide bonds. The summed E-state index contributed by atoms with van der Waals surface area (Å²) in [7, 11) is 3.42. The molecule has 0 spiro atoms. The van der Waals surface area contributed by atoms with Gasteiger partial charge in [-0.05, 0) is 47.4 Å². The number of nitrogens with zero attached hydrogens (tertiary/aromatic N) is 2. The SMILES string of the molecule is COCCCOc1ccc([C@@H]2[C@@H](OCc3ccc4c(c3)N(CCCOC)CCO4)CN(C(=O)OCc3ccccc3)C[C@H]2OC[C@H]2CO2)cc1. The summed E-state index contributed by atoms with van der Waals surface area (Å²) in [6, 6.07) is 24.1. The third kappa shape index (κ3) is 10.1. The number of piperidine rings is 1. The summed E-state index contributed by atoms with van der Waals surface area (Å²) in [5, 5.41) is 0. The molecule has 11 heteroatoms. The van der Waals surface area contributed by atoms with Crippen LogP contribution in [-0.4, -0.2) is 109 Å². The van der Waals surface area contributed by atoms with E-state index in [4.69, 9.17) is 37.9 Å². The number of hydrogen-bond donors (Lipinski definition) is 0. The Morgan fingerprint density at radius 1 is 0.840 bits per heavy atom. The number of anilines is 1. The van der Waals surface area contributed by atoms with Crippen LogP contribution in [-0.2, 0) is 41.6 Å². The lowest BCUT2D eigenvalue weighted by atomic mass is 9.84. The minimum atomic E-state index is -0.394. The van der Waals surface area contributed by atoms with E-state index in [9.17, 15) is 4.79 Å². The van der Waals surface area contributed by atoms with E-state index in [0.29, 0.717) is 59.3 Å². The molecular weight excluding hydrogens is 640 g/mol. The van der Waals surface area contributed by atoms with Gasteiger partial charge in [0.25, 0.3) is 0 Å². The average molecular weight is 691 g/mol. The molecule has 3 aromatic rings. The Hall–Kier alpha value is -3.87. The van der Waals surface area contributed by atoms with Crippen LogP contribution >= 0.6 is 0 Å². The van der Waals surface area contributed by atoms with Crippen LogP contribution in [0, 0.1) is 0 Å². The molecule has 0 radical (unpaired) electrons. The zero-order valence-electron chi connectivity index (χ0n) is 29.2. The van der Waals surface area contributed by atoms with Crippen molar-refractivity contribution in [1.82, 2.24) is 4.90 Å². The summed E-state index contributed by atoms with van der Waals surface area (Å²) in [4.78, 5) is 17.6. The molecule has 0 unspecified atom stereocenters. The Bertz CT molecular complexity index is 1470. The Kier molecular flexibility index (Phi) is 13.2. The zero-order valence-corrected chi connectivity index (χ0v) is 29.2. The average Bonchev–Trinajstić information content (AvgIpc) is 3.99. The number of ether oxygens (including phenoxy) is 8. The zero-order chi connectivity index (χ0) is 34.5. The number of likely N-dealkylation sites (tertiary alicyclic amines) is 1. The number of carbonyl (C=O) groups excluding carboxylic acids is 1. The van der Waals surface area contributed by atoms with Gasteiger partial charge in [-0.15, -0.1) is 0 Å². The van der Waals surface area contributed by atoms with E-state index in [1.54, 1.807) is 19.1 Å². The van der Waals surface area contributed by atoms with Gasteiger partial charge in [-0.1, -0.05) is 48.5 Å². The van der Waals surface area contributed by atoms with Gasteiger partial charge in [0.2, 0.25) is 0 Å². The van der Waals surface area contributed by atoms with Crippen molar-refractivity contribution >= 4 is 11.8 Å². The quantitative estimate of drug-likeness (QED) is 0.127. The highest BCUT2D eigenvalue weighted by Crippen LogP contribution is 2.37. The molecule has 3 heterocycles. The molecule has 50 heavy (non-hydrogen) atoms. The van der Waals surface area contributed by atoms with Crippen LogP contribution in [0.1, 0.15) is 35.4 Å². The van der Waals surface area contributed by atoms with E-state index >= 15 is 0 Å². The maximum absolute atomic E-state index is 13.5. The van der Waals surface area contributed by atoms with Crippen LogP contribution in [0.4, 0.5) is 10.5 Å². The molecule has 2 fully saturated rings. The van der Waals surface area contributed by atoms with Gasteiger partial charge < -0.3 is 47.7 Å². The van der Waals surface area contributed by atoms with E-state index in [2.05, 4.69) is 29.2 Å². The fourth-order valence-electron chi connectivity index (χ4n) is 6.50. The molecule has 6 rings (SSSR count). The Morgan fingerprint density at radius 3 is 2.36 bits per heavy atom. The van der Waals surface area contributed by atoms with Gasteiger partial charge >= 0.3 is 6.09 Å². The summed E-state index contributed by atoms with van der Waals surface area (Å²) >= 11 is 0. The number of fused-ring (bicyclic) bond motifs is 1. The molecule has 0 saturated carbocycles. The minimum absolute atomic E-state index is 0.0721. The number of benzene rings is 3. The molecular formula is C39H50N2O9. The summed E-state index contributed by atoms with van der Waals surface area (Å²) in [6.45, 7) is 6.68. The van der Waals surface area contributed by atoms with E-state index in [0.717, 1.165) is 59.8 Å². The second-order valence-corrected chi connectivity index (χ2v) is 12.9. The van der Waals surface area contributed by atoms with Crippen molar-refractivity contribution in [3.8, 4) is 11.5 Å². The van der Waals surface area contributed by atoms with Crippen LogP contribution in [0.15, 0.2) is 72.8 Å². The summed E-state index contributed by atoms with van der Waals surface area (Å²) in [5.41, 5.74) is 4.07. The molecule has 0 aromatic heterocycles. The van der Waals surface area contributed by atoms with Crippen LogP contribution in [0.25, 0.3) is 0 Å². The number of epoxide rings is 1. The lowest BCUT2D eigenvalue weighted by Crippen LogP contribution is -2.54. The van der Waals surface area contributed by atoms with E-state index in [1.807, 2.05) is 48.5 Å². The minimum Gasteiger partial charge on any atom is -0.494 e. The second-order valence-electron chi connectivity index (χ2n) is 12.9. The number of methoxy groups -OCH3 is 2. The van der Waals surface area contributed by atoms with Crippen molar-refractivity contribution in [2.45, 2.75) is 50.3 Å². The largest absolute Gasteiger partial charge is 0.494 e. The molecule has 0 aliphatic carbocycles. The normalized spacial score (nSPS) is 21.3. The number of rotatable bonds is 18. The van der Waals surface area contributed by atoms with Crippen molar-refractivity contribution in [3.63, 3.8) is 0 Å². The highest BCUT2D eigenvalue weighted by molar-refractivity contribution is 5.68. The fraction of sp³-hybridized carbons (Fsp3) is 0.513. The smallest absolute Gasteiger partial charge is 0.410 e. The monoisotopic (exact) mass is 690 g/mol. The predicted molar refractivity (Wildman–Crippen MR) is 188 cm³/mol. The van der Waals surface area contributed by atoms with Crippen LogP contribution < -0.4 is 14.4 Å². The second kappa shape index (κ2) is 18.4. The first-order valence-corrected chi connectivity index (χ1v) is 17.6. The van der Waals surface area contributed by atoms with Gasteiger partial charge in [0.05, 0.1) is 64.0 Å². The fourth-order valence-corrected chi connectivity index (χ4v) is 6.50. The van der Waals surface area contributed by atoms with E-state index in [1.165, 1.54) is 0 Å². The highest BCUT2D eigenvalue weighted by Gasteiger charge is 2.42. The molecule has 3 aliphatic heterocycles.